The number of nitrogens with one attached hydrogen (secondary N) is 1. The van der Waals surface area contributed by atoms with E-state index in [2.05, 4.69) is 11.5 Å². The quantitative estimate of drug-likeness (QED) is 0.432. The Morgan fingerprint density at radius 1 is 1.18 bits per heavy atom. The fraction of sp³-hybridized carbons (Fsp3) is 0.429. The van der Waals surface area contributed by atoms with E-state index in [0.29, 0.717) is 18.7 Å². The first-order valence-electron chi connectivity index (χ1n) is 9.34. The van der Waals surface area contributed by atoms with E-state index < -0.39 is 10.0 Å². The van der Waals surface area contributed by atoms with Crippen molar-refractivity contribution in [1.29, 1.82) is 0 Å². The molecule has 1 atom stereocenters. The fourth-order valence-corrected chi connectivity index (χ4v) is 4.39. The number of sulfonamides is 1. The molecule has 2 N–H and O–H groups in total. The number of rotatable bonds is 9. The maximum atomic E-state index is 12.2. The van der Waals surface area contributed by atoms with Gasteiger partial charge in [-0.2, -0.15) is 35.9 Å². The predicted octanol–water partition coefficient (Wildman–Crippen LogP) is 2.80. The molecule has 0 amide bonds. The number of aliphatic hydroxyl groups excluding tert-OH is 1. The van der Waals surface area contributed by atoms with Gasteiger partial charge in [0.15, 0.2) is 0 Å². The topological polar surface area (TPSA) is 69.6 Å². The minimum Gasteiger partial charge on any atom is -0.392 e. The van der Waals surface area contributed by atoms with Crippen LogP contribution in [0.2, 0.25) is 0 Å². The summed E-state index contributed by atoms with van der Waals surface area (Å²) in [6.07, 6.45) is 4.22. The SMILES string of the molecule is CCC(O)C1(c2ccc(N(NCCc3cc[c-]cc3)S(C)(=O)=O)cc2)CC1.[Y]. The van der Waals surface area contributed by atoms with Gasteiger partial charge in [0.1, 0.15) is 0 Å². The Kier molecular flexibility index (Phi) is 8.23. The fourth-order valence-electron chi connectivity index (χ4n) is 3.56. The summed E-state index contributed by atoms with van der Waals surface area (Å²) in [6.45, 7) is 2.48. The van der Waals surface area contributed by atoms with Crippen LogP contribution in [0.25, 0.3) is 0 Å². The maximum Gasteiger partial charge on any atom is 0.245 e. The number of nitrogens with zero attached hydrogens (tertiary/aromatic N) is 1. The van der Waals surface area contributed by atoms with E-state index in [1.165, 1.54) is 10.7 Å². The molecule has 0 spiro atoms. The van der Waals surface area contributed by atoms with Gasteiger partial charge in [-0.05, 0) is 43.4 Å². The molecule has 2 aromatic rings. The van der Waals surface area contributed by atoms with Gasteiger partial charge in [-0.15, -0.1) is 0 Å². The summed E-state index contributed by atoms with van der Waals surface area (Å²) in [5, 5.41) is 10.3. The van der Waals surface area contributed by atoms with Gasteiger partial charge in [-0.25, -0.2) is 18.3 Å². The van der Waals surface area contributed by atoms with E-state index in [1.807, 2.05) is 55.5 Å². The molecule has 7 heteroatoms. The molecule has 1 fully saturated rings. The molecule has 0 saturated heterocycles. The van der Waals surface area contributed by atoms with Crippen molar-refractivity contribution in [2.45, 2.75) is 44.1 Å². The first-order chi connectivity index (χ1) is 12.9. The van der Waals surface area contributed by atoms with Crippen LogP contribution in [-0.4, -0.2) is 32.4 Å². The molecule has 1 aliphatic carbocycles. The molecular formula is C21H27N2O3SY-. The smallest absolute Gasteiger partial charge is 0.245 e. The predicted molar refractivity (Wildman–Crippen MR) is 108 cm³/mol. The van der Waals surface area contributed by atoms with Crippen LogP contribution in [0.4, 0.5) is 5.69 Å². The summed E-state index contributed by atoms with van der Waals surface area (Å²) in [4.78, 5) is 0. The average Bonchev–Trinajstić information content (AvgIpc) is 3.47. The third kappa shape index (κ3) is 5.42. The van der Waals surface area contributed by atoms with Crippen molar-refractivity contribution in [1.82, 2.24) is 5.43 Å². The molecule has 1 unspecified atom stereocenters. The van der Waals surface area contributed by atoms with Crippen molar-refractivity contribution in [3.8, 4) is 0 Å². The van der Waals surface area contributed by atoms with Gasteiger partial charge in [0.25, 0.3) is 0 Å². The van der Waals surface area contributed by atoms with Gasteiger partial charge in [-0.3, -0.25) is 0 Å². The Balaban J connectivity index is 0.00000280. The van der Waals surface area contributed by atoms with Gasteiger partial charge in [0.2, 0.25) is 10.0 Å². The molecule has 149 valence electrons. The van der Waals surface area contributed by atoms with Gasteiger partial charge in [-0.1, -0.05) is 19.1 Å². The Labute approximate surface area is 193 Å². The van der Waals surface area contributed by atoms with Crippen LogP contribution < -0.4 is 9.84 Å². The minimum absolute atomic E-state index is 0. The number of aliphatic hydroxyl groups is 1. The van der Waals surface area contributed by atoms with E-state index in [1.54, 1.807) is 0 Å². The van der Waals surface area contributed by atoms with Crippen molar-refractivity contribution < 1.29 is 46.2 Å². The average molecular weight is 476 g/mol. The van der Waals surface area contributed by atoms with Crippen molar-refractivity contribution in [2.75, 3.05) is 17.2 Å². The standard InChI is InChI=1S/C21H27N2O3S.Y/c1-3-20(24)21(14-15-21)18-9-11-19(12-10-18)23(27(2,25)26)22-16-13-17-7-5-4-6-8-17;/h5-12,20,22,24H,3,13-16H2,1-2H3;/q-1;. The monoisotopic (exact) mass is 476 g/mol. The third-order valence-electron chi connectivity index (χ3n) is 5.28. The second-order valence-electron chi connectivity index (χ2n) is 7.22. The first-order valence-corrected chi connectivity index (χ1v) is 11.2. The largest absolute Gasteiger partial charge is 0.392 e. The maximum absolute atomic E-state index is 12.2. The Hall–Kier alpha value is -0.786. The zero-order chi connectivity index (χ0) is 19.5. The van der Waals surface area contributed by atoms with Gasteiger partial charge >= 0.3 is 0 Å². The zero-order valence-electron chi connectivity index (χ0n) is 16.4. The summed E-state index contributed by atoms with van der Waals surface area (Å²) in [5.41, 5.74) is 5.64. The molecule has 3 rings (SSSR count). The molecule has 1 saturated carbocycles. The van der Waals surface area contributed by atoms with Crippen molar-refractivity contribution in [2.24, 2.45) is 0 Å². The minimum atomic E-state index is -3.46. The second kappa shape index (κ2) is 9.81. The molecule has 1 aliphatic rings. The summed E-state index contributed by atoms with van der Waals surface area (Å²) in [7, 11) is -3.46. The van der Waals surface area contributed by atoms with Gasteiger partial charge in [0, 0.05) is 44.7 Å². The van der Waals surface area contributed by atoms with Gasteiger partial charge < -0.3 is 5.11 Å². The van der Waals surface area contributed by atoms with Crippen molar-refractivity contribution in [3.63, 3.8) is 0 Å². The third-order valence-corrected chi connectivity index (χ3v) is 6.28. The molecule has 0 aromatic heterocycles. The number of hydrogen-bond acceptors (Lipinski definition) is 4. The van der Waals surface area contributed by atoms with Crippen molar-refractivity contribution in [3.05, 3.63) is 65.7 Å². The van der Waals surface area contributed by atoms with Crippen LogP contribution in [0, 0.1) is 6.07 Å². The summed E-state index contributed by atoms with van der Waals surface area (Å²) < 4.78 is 25.7. The van der Waals surface area contributed by atoms with Crippen LogP contribution in [0.5, 0.6) is 0 Å². The number of hydrogen-bond donors (Lipinski definition) is 2. The summed E-state index contributed by atoms with van der Waals surface area (Å²) in [5.74, 6) is 0. The summed E-state index contributed by atoms with van der Waals surface area (Å²) in [6, 6.07) is 18.1. The second-order valence-corrected chi connectivity index (χ2v) is 9.05. The first kappa shape index (κ1) is 23.5. The van der Waals surface area contributed by atoms with E-state index in [4.69, 9.17) is 0 Å². The van der Waals surface area contributed by atoms with Crippen molar-refractivity contribution >= 4 is 15.7 Å². The Morgan fingerprint density at radius 3 is 2.29 bits per heavy atom. The van der Waals surface area contributed by atoms with Crippen LogP contribution in [0.1, 0.15) is 37.3 Å². The number of anilines is 1. The number of benzene rings is 2. The molecule has 0 bridgehead atoms. The van der Waals surface area contributed by atoms with Crippen LogP contribution in [-0.2, 0) is 54.6 Å². The normalized spacial score (nSPS) is 16.1. The number of hydrazine groups is 1. The Morgan fingerprint density at radius 2 is 1.79 bits per heavy atom. The molecule has 0 aliphatic heterocycles. The summed E-state index contributed by atoms with van der Waals surface area (Å²) >= 11 is 0. The van der Waals surface area contributed by atoms with Crippen LogP contribution >= 0.6 is 0 Å². The molecule has 0 heterocycles. The van der Waals surface area contributed by atoms with E-state index in [9.17, 15) is 13.5 Å². The molecule has 28 heavy (non-hydrogen) atoms. The zero-order valence-corrected chi connectivity index (χ0v) is 20.1. The Bertz CT molecular complexity index is 853. The van der Waals surface area contributed by atoms with E-state index in [-0.39, 0.29) is 44.2 Å². The van der Waals surface area contributed by atoms with Gasteiger partial charge in [0.05, 0.1) is 18.0 Å². The molecule has 2 aromatic carbocycles. The molecule has 5 nitrogen and oxygen atoms in total. The van der Waals surface area contributed by atoms with E-state index in [0.717, 1.165) is 30.4 Å². The molecule has 1 radical (unpaired) electrons. The molecular weight excluding hydrogens is 449 g/mol. The van der Waals surface area contributed by atoms with Crippen LogP contribution in [0.15, 0.2) is 48.5 Å². The van der Waals surface area contributed by atoms with E-state index >= 15 is 0 Å². The van der Waals surface area contributed by atoms with Crippen LogP contribution in [0.3, 0.4) is 0 Å².